The predicted octanol–water partition coefficient (Wildman–Crippen LogP) is 1.51. The Morgan fingerprint density at radius 1 is 1.12 bits per heavy atom. The summed E-state index contributed by atoms with van der Waals surface area (Å²) in [5.41, 5.74) is 0. The second-order valence-corrected chi connectivity index (χ2v) is 5.39. The Labute approximate surface area is 105 Å². The van der Waals surface area contributed by atoms with Crippen molar-refractivity contribution in [2.45, 2.75) is 33.1 Å². The predicted molar refractivity (Wildman–Crippen MR) is 69.2 cm³/mol. The molecule has 1 saturated heterocycles. The molecule has 0 aromatic heterocycles. The van der Waals surface area contributed by atoms with Gasteiger partial charge in [0.05, 0.1) is 0 Å². The van der Waals surface area contributed by atoms with Crippen molar-refractivity contribution >= 4 is 5.97 Å². The summed E-state index contributed by atoms with van der Waals surface area (Å²) in [6.45, 7) is 11.4. The molecule has 0 aromatic rings. The van der Waals surface area contributed by atoms with Gasteiger partial charge in [-0.05, 0) is 25.3 Å². The van der Waals surface area contributed by atoms with Crippen LogP contribution >= 0.6 is 0 Å². The average Bonchev–Trinajstić information content (AvgIpc) is 2.25. The maximum absolute atomic E-state index is 10.4. The first kappa shape index (κ1) is 14.5. The first-order valence-corrected chi connectivity index (χ1v) is 6.74. The van der Waals surface area contributed by atoms with Crippen molar-refractivity contribution in [3.8, 4) is 0 Å². The fourth-order valence-electron chi connectivity index (χ4n) is 2.32. The lowest BCUT2D eigenvalue weighted by atomic mass is 10.2. The zero-order valence-electron chi connectivity index (χ0n) is 11.2. The number of carboxylic acids is 1. The van der Waals surface area contributed by atoms with Crippen LogP contribution < -0.4 is 0 Å². The van der Waals surface area contributed by atoms with E-state index in [1.807, 2.05) is 0 Å². The van der Waals surface area contributed by atoms with Crippen LogP contribution in [0.25, 0.3) is 0 Å². The molecule has 1 aliphatic rings. The number of hydrogen-bond donors (Lipinski definition) is 1. The van der Waals surface area contributed by atoms with Gasteiger partial charge >= 0.3 is 5.97 Å². The Morgan fingerprint density at radius 2 is 1.71 bits per heavy atom. The van der Waals surface area contributed by atoms with Crippen LogP contribution in [0.5, 0.6) is 0 Å². The summed E-state index contributed by atoms with van der Waals surface area (Å²) in [5.74, 6) is 0.0730. The third-order valence-corrected chi connectivity index (χ3v) is 3.20. The molecule has 1 fully saturated rings. The molecule has 0 unspecified atom stereocenters. The number of hydrogen-bond acceptors (Lipinski definition) is 3. The lowest BCUT2D eigenvalue weighted by molar-refractivity contribution is -0.137. The van der Waals surface area contributed by atoms with Crippen molar-refractivity contribution in [1.29, 1.82) is 0 Å². The number of aliphatic carboxylic acids is 1. The SMILES string of the molecule is CC(C)CN1CCN(CCCCC(=O)O)CC1. The average molecular weight is 242 g/mol. The molecule has 1 heterocycles. The highest BCUT2D eigenvalue weighted by Gasteiger charge is 2.16. The first-order chi connectivity index (χ1) is 8.08. The fraction of sp³-hybridized carbons (Fsp3) is 0.923. The van der Waals surface area contributed by atoms with E-state index in [4.69, 9.17) is 5.11 Å². The van der Waals surface area contributed by atoms with Gasteiger partial charge in [-0.1, -0.05) is 13.8 Å². The highest BCUT2D eigenvalue weighted by atomic mass is 16.4. The number of carbonyl (C=O) groups is 1. The molecule has 0 aliphatic carbocycles. The molecule has 4 heteroatoms. The van der Waals surface area contributed by atoms with Crippen molar-refractivity contribution in [1.82, 2.24) is 9.80 Å². The van der Waals surface area contributed by atoms with Gasteiger partial charge in [0.15, 0.2) is 0 Å². The zero-order valence-corrected chi connectivity index (χ0v) is 11.2. The molecule has 0 spiro atoms. The van der Waals surface area contributed by atoms with Gasteiger partial charge in [0.2, 0.25) is 0 Å². The molecule has 0 amide bonds. The second kappa shape index (κ2) is 7.67. The smallest absolute Gasteiger partial charge is 0.303 e. The van der Waals surface area contributed by atoms with Crippen molar-refractivity contribution in [3.05, 3.63) is 0 Å². The number of rotatable bonds is 7. The van der Waals surface area contributed by atoms with Gasteiger partial charge < -0.3 is 14.9 Å². The molecular formula is C13H26N2O2. The maximum atomic E-state index is 10.4. The van der Waals surface area contributed by atoms with E-state index in [1.165, 1.54) is 6.54 Å². The quantitative estimate of drug-likeness (QED) is 0.687. The minimum absolute atomic E-state index is 0.313. The summed E-state index contributed by atoms with van der Waals surface area (Å²) in [6.07, 6.45) is 2.13. The van der Waals surface area contributed by atoms with Crippen molar-refractivity contribution in [2.24, 2.45) is 5.92 Å². The van der Waals surface area contributed by atoms with Crippen LogP contribution in [0, 0.1) is 5.92 Å². The van der Waals surface area contributed by atoms with E-state index < -0.39 is 5.97 Å². The molecule has 4 nitrogen and oxygen atoms in total. The molecule has 1 rings (SSSR count). The molecule has 1 N–H and O–H groups in total. The molecule has 0 bridgehead atoms. The Morgan fingerprint density at radius 3 is 2.24 bits per heavy atom. The van der Waals surface area contributed by atoms with Gasteiger partial charge in [-0.15, -0.1) is 0 Å². The minimum Gasteiger partial charge on any atom is -0.481 e. The van der Waals surface area contributed by atoms with Crippen LogP contribution in [0.3, 0.4) is 0 Å². The number of nitrogens with zero attached hydrogens (tertiary/aromatic N) is 2. The molecule has 1 aliphatic heterocycles. The van der Waals surface area contributed by atoms with Gasteiger partial charge in [0, 0.05) is 39.1 Å². The van der Waals surface area contributed by atoms with E-state index in [0.717, 1.165) is 51.5 Å². The summed E-state index contributed by atoms with van der Waals surface area (Å²) >= 11 is 0. The van der Waals surface area contributed by atoms with E-state index in [2.05, 4.69) is 23.6 Å². The molecule has 100 valence electrons. The van der Waals surface area contributed by atoms with Crippen molar-refractivity contribution < 1.29 is 9.90 Å². The Hall–Kier alpha value is -0.610. The van der Waals surface area contributed by atoms with E-state index in [1.54, 1.807) is 0 Å². The van der Waals surface area contributed by atoms with Crippen LogP contribution in [0.1, 0.15) is 33.1 Å². The molecular weight excluding hydrogens is 216 g/mol. The van der Waals surface area contributed by atoms with Crippen LogP contribution in [-0.2, 0) is 4.79 Å². The summed E-state index contributed by atoms with van der Waals surface area (Å²) in [6, 6.07) is 0. The van der Waals surface area contributed by atoms with Crippen LogP contribution in [-0.4, -0.2) is 60.1 Å². The van der Waals surface area contributed by atoms with Crippen molar-refractivity contribution in [2.75, 3.05) is 39.3 Å². The Kier molecular flexibility index (Phi) is 6.52. The van der Waals surface area contributed by atoms with Crippen LogP contribution in [0.4, 0.5) is 0 Å². The third kappa shape index (κ3) is 6.64. The summed E-state index contributed by atoms with van der Waals surface area (Å²) in [5, 5.41) is 8.55. The number of unbranched alkanes of at least 4 members (excludes halogenated alkanes) is 1. The highest BCUT2D eigenvalue weighted by molar-refractivity contribution is 5.66. The largest absolute Gasteiger partial charge is 0.481 e. The standard InChI is InChI=1S/C13H26N2O2/c1-12(2)11-15-9-7-14(8-10-15)6-4-3-5-13(16)17/h12H,3-11H2,1-2H3,(H,16,17). The van der Waals surface area contributed by atoms with E-state index >= 15 is 0 Å². The van der Waals surface area contributed by atoms with E-state index in [-0.39, 0.29) is 0 Å². The normalized spacial score (nSPS) is 18.8. The third-order valence-electron chi connectivity index (χ3n) is 3.20. The summed E-state index contributed by atoms with van der Waals surface area (Å²) in [4.78, 5) is 15.4. The lowest BCUT2D eigenvalue weighted by Gasteiger charge is -2.35. The number of carboxylic acid groups (broad SMARTS) is 1. The fourth-order valence-corrected chi connectivity index (χ4v) is 2.32. The van der Waals surface area contributed by atoms with Crippen LogP contribution in [0.15, 0.2) is 0 Å². The summed E-state index contributed by atoms with van der Waals surface area (Å²) < 4.78 is 0. The minimum atomic E-state index is -0.674. The topological polar surface area (TPSA) is 43.8 Å². The van der Waals surface area contributed by atoms with E-state index in [0.29, 0.717) is 6.42 Å². The summed E-state index contributed by atoms with van der Waals surface area (Å²) in [7, 11) is 0. The van der Waals surface area contributed by atoms with Gasteiger partial charge in [0.1, 0.15) is 0 Å². The Balaban J connectivity index is 2.04. The van der Waals surface area contributed by atoms with E-state index in [9.17, 15) is 4.79 Å². The first-order valence-electron chi connectivity index (χ1n) is 6.74. The van der Waals surface area contributed by atoms with Gasteiger partial charge in [0.25, 0.3) is 0 Å². The molecule has 0 saturated carbocycles. The van der Waals surface area contributed by atoms with Crippen molar-refractivity contribution in [3.63, 3.8) is 0 Å². The molecule has 0 atom stereocenters. The van der Waals surface area contributed by atoms with Gasteiger partial charge in [-0.25, -0.2) is 0 Å². The Bertz CT molecular complexity index is 223. The van der Waals surface area contributed by atoms with Gasteiger partial charge in [-0.2, -0.15) is 0 Å². The molecule has 17 heavy (non-hydrogen) atoms. The highest BCUT2D eigenvalue weighted by Crippen LogP contribution is 2.07. The number of piperazine rings is 1. The lowest BCUT2D eigenvalue weighted by Crippen LogP contribution is -2.47. The molecule has 0 aromatic carbocycles. The monoisotopic (exact) mass is 242 g/mol. The second-order valence-electron chi connectivity index (χ2n) is 5.39. The molecule has 0 radical (unpaired) electrons. The van der Waals surface area contributed by atoms with Gasteiger partial charge in [-0.3, -0.25) is 4.79 Å². The zero-order chi connectivity index (χ0) is 12.7. The van der Waals surface area contributed by atoms with Crippen LogP contribution in [0.2, 0.25) is 0 Å². The maximum Gasteiger partial charge on any atom is 0.303 e.